The Hall–Kier alpha value is -3.01. The number of hydrogen-bond donors (Lipinski definition) is 0. The normalized spacial score (nSPS) is 11.8. The predicted octanol–water partition coefficient (Wildman–Crippen LogP) is 3.06. The molecule has 30 heavy (non-hydrogen) atoms. The summed E-state index contributed by atoms with van der Waals surface area (Å²) < 4.78 is 36.3. The van der Waals surface area contributed by atoms with E-state index in [1.165, 1.54) is 50.6 Å². The summed E-state index contributed by atoms with van der Waals surface area (Å²) in [5.41, 5.74) is 1.36. The van der Waals surface area contributed by atoms with Gasteiger partial charge in [0.15, 0.2) is 0 Å². The molecule has 0 aliphatic rings. The fourth-order valence-corrected chi connectivity index (χ4v) is 3.97. The molecule has 8 nitrogen and oxygen atoms in total. The van der Waals surface area contributed by atoms with Crippen molar-refractivity contribution in [3.05, 3.63) is 69.6 Å². The second kappa shape index (κ2) is 8.39. The van der Waals surface area contributed by atoms with Crippen molar-refractivity contribution < 1.29 is 27.2 Å². The first-order valence-electron chi connectivity index (χ1n) is 9.10. The molecular formula is C21H21NO7S. The van der Waals surface area contributed by atoms with E-state index in [1.807, 2.05) is 13.0 Å². The smallest absolute Gasteiger partial charge is 0.343 e. The van der Waals surface area contributed by atoms with Crippen LogP contribution in [0.25, 0.3) is 11.0 Å². The van der Waals surface area contributed by atoms with E-state index in [0.29, 0.717) is 16.5 Å². The topological polar surface area (TPSA) is 103 Å². The summed E-state index contributed by atoms with van der Waals surface area (Å²) in [5.74, 6) is -0.498. The third-order valence-corrected chi connectivity index (χ3v) is 6.35. The van der Waals surface area contributed by atoms with Gasteiger partial charge in [0.05, 0.1) is 17.6 Å². The monoisotopic (exact) mass is 431 g/mol. The van der Waals surface area contributed by atoms with E-state index in [2.05, 4.69) is 0 Å². The van der Waals surface area contributed by atoms with Gasteiger partial charge in [-0.15, -0.1) is 0 Å². The van der Waals surface area contributed by atoms with E-state index in [4.69, 9.17) is 14.0 Å². The molecule has 0 saturated carbocycles. The number of sulfonamides is 1. The van der Waals surface area contributed by atoms with Crippen LogP contribution in [0.5, 0.6) is 5.75 Å². The molecule has 0 radical (unpaired) electrons. The van der Waals surface area contributed by atoms with E-state index >= 15 is 0 Å². The molecule has 1 heterocycles. The van der Waals surface area contributed by atoms with E-state index in [9.17, 15) is 18.0 Å². The summed E-state index contributed by atoms with van der Waals surface area (Å²) >= 11 is 0. The van der Waals surface area contributed by atoms with E-state index in [-0.39, 0.29) is 16.2 Å². The van der Waals surface area contributed by atoms with E-state index in [1.54, 1.807) is 6.92 Å². The van der Waals surface area contributed by atoms with Crippen LogP contribution in [-0.2, 0) is 21.3 Å². The Kier molecular flexibility index (Phi) is 6.06. The van der Waals surface area contributed by atoms with Crippen molar-refractivity contribution in [3.63, 3.8) is 0 Å². The lowest BCUT2D eigenvalue weighted by Gasteiger charge is -2.15. The zero-order chi connectivity index (χ0) is 22.1. The van der Waals surface area contributed by atoms with Crippen molar-refractivity contribution in [2.24, 2.45) is 0 Å². The molecule has 0 aliphatic heterocycles. The number of aryl methyl sites for hydroxylation is 2. The maximum absolute atomic E-state index is 12.7. The Morgan fingerprint density at radius 2 is 1.90 bits per heavy atom. The lowest BCUT2D eigenvalue weighted by atomic mass is 10.1. The fraction of sp³-hybridized carbons (Fsp3) is 0.238. The van der Waals surface area contributed by atoms with Crippen molar-refractivity contribution in [1.29, 1.82) is 0 Å². The summed E-state index contributed by atoms with van der Waals surface area (Å²) in [6, 6.07) is 10.2. The number of nitrogens with zero attached hydrogens (tertiary/aromatic N) is 1. The van der Waals surface area contributed by atoms with Crippen molar-refractivity contribution in [2.75, 3.05) is 14.2 Å². The molecule has 0 bridgehead atoms. The number of hydroxylamine groups is 1. The molecule has 158 valence electrons. The second-order valence-electron chi connectivity index (χ2n) is 6.57. The molecule has 0 spiro atoms. The van der Waals surface area contributed by atoms with Crippen LogP contribution in [0.3, 0.4) is 0 Å². The highest BCUT2D eigenvalue weighted by molar-refractivity contribution is 7.89. The average Bonchev–Trinajstić information content (AvgIpc) is 2.72. The number of esters is 1. The minimum atomic E-state index is -3.92. The molecular weight excluding hydrogens is 410 g/mol. The molecule has 0 saturated heterocycles. The van der Waals surface area contributed by atoms with E-state index < -0.39 is 21.6 Å². The van der Waals surface area contributed by atoms with Crippen molar-refractivity contribution in [1.82, 2.24) is 4.47 Å². The van der Waals surface area contributed by atoms with Crippen LogP contribution in [-0.4, -0.2) is 33.0 Å². The van der Waals surface area contributed by atoms with Gasteiger partial charge in [0.2, 0.25) is 0 Å². The maximum atomic E-state index is 12.7. The molecule has 2 aromatic carbocycles. The van der Waals surface area contributed by atoms with Gasteiger partial charge in [-0.2, -0.15) is 0 Å². The number of hydrogen-bond acceptors (Lipinski definition) is 7. The molecule has 0 amide bonds. The first-order valence-corrected chi connectivity index (χ1v) is 10.5. The quantitative estimate of drug-likeness (QED) is 0.256. The largest absolute Gasteiger partial charge is 0.423 e. The molecule has 3 rings (SSSR count). The molecule has 0 N–H and O–H groups in total. The van der Waals surface area contributed by atoms with Gasteiger partial charge in [-0.1, -0.05) is 17.5 Å². The fourth-order valence-electron chi connectivity index (χ4n) is 2.95. The number of fused-ring (bicyclic) bond motifs is 1. The lowest BCUT2D eigenvalue weighted by Crippen LogP contribution is -2.26. The number of ether oxygens (including phenoxy) is 1. The van der Waals surface area contributed by atoms with Gasteiger partial charge < -0.3 is 9.15 Å². The molecule has 0 aliphatic carbocycles. The first kappa shape index (κ1) is 21.7. The Labute approximate surface area is 173 Å². The van der Waals surface area contributed by atoms with Crippen molar-refractivity contribution >= 4 is 27.0 Å². The number of benzene rings is 2. The van der Waals surface area contributed by atoms with Crippen LogP contribution in [0.15, 0.2) is 56.6 Å². The Morgan fingerprint density at radius 1 is 1.17 bits per heavy atom. The number of rotatable bonds is 6. The lowest BCUT2D eigenvalue weighted by molar-refractivity contribution is -0.0258. The second-order valence-corrected chi connectivity index (χ2v) is 8.51. The van der Waals surface area contributed by atoms with Gasteiger partial charge in [0, 0.05) is 24.6 Å². The average molecular weight is 431 g/mol. The SMILES string of the molecule is CCc1cc2c(C)cc(=O)oc2cc1OC(=O)c1cccc(S(=O)(=O)N(C)OC)c1. The third kappa shape index (κ3) is 4.13. The number of carbonyl (C=O) groups excluding carboxylic acids is 1. The molecule has 0 unspecified atom stereocenters. The number of carbonyl (C=O) groups is 1. The highest BCUT2D eigenvalue weighted by atomic mass is 32.2. The zero-order valence-electron chi connectivity index (χ0n) is 17.0. The van der Waals surface area contributed by atoms with Gasteiger partial charge in [-0.25, -0.2) is 18.0 Å². The van der Waals surface area contributed by atoms with Crippen LogP contribution < -0.4 is 10.4 Å². The van der Waals surface area contributed by atoms with Crippen molar-refractivity contribution in [2.45, 2.75) is 25.2 Å². The third-order valence-electron chi connectivity index (χ3n) is 4.68. The highest BCUT2D eigenvalue weighted by Crippen LogP contribution is 2.28. The first-order chi connectivity index (χ1) is 14.2. The van der Waals surface area contributed by atoms with Gasteiger partial charge >= 0.3 is 11.6 Å². The van der Waals surface area contributed by atoms with Crippen LogP contribution >= 0.6 is 0 Å². The minimum absolute atomic E-state index is 0.0495. The Bertz CT molecular complexity index is 1280. The molecule has 9 heteroatoms. The Morgan fingerprint density at radius 3 is 2.57 bits per heavy atom. The van der Waals surface area contributed by atoms with Crippen molar-refractivity contribution in [3.8, 4) is 5.75 Å². The summed E-state index contributed by atoms with van der Waals surface area (Å²) in [4.78, 5) is 29.0. The summed E-state index contributed by atoms with van der Waals surface area (Å²) in [6.07, 6.45) is 0.574. The summed E-state index contributed by atoms with van der Waals surface area (Å²) in [7, 11) is -1.44. The molecule has 0 fully saturated rings. The van der Waals surface area contributed by atoms with E-state index in [0.717, 1.165) is 16.5 Å². The minimum Gasteiger partial charge on any atom is -0.423 e. The standard InChI is InChI=1S/C21H21NO7S/c1-5-14-11-17-13(2)9-20(23)28-19(17)12-18(14)29-21(24)15-7-6-8-16(10-15)30(25,26)22(3)27-4/h6-12H,5H2,1-4H3. The zero-order valence-corrected chi connectivity index (χ0v) is 17.8. The molecule has 0 atom stereocenters. The van der Waals surface area contributed by atoms with Gasteiger partial charge in [-0.3, -0.25) is 4.84 Å². The summed E-state index contributed by atoms with van der Waals surface area (Å²) in [6.45, 7) is 3.70. The molecule has 3 aromatic rings. The van der Waals surface area contributed by atoms with Gasteiger partial charge in [0.25, 0.3) is 10.0 Å². The predicted molar refractivity (Wildman–Crippen MR) is 110 cm³/mol. The summed E-state index contributed by atoms with van der Waals surface area (Å²) in [5, 5.41) is 0.752. The highest BCUT2D eigenvalue weighted by Gasteiger charge is 2.23. The van der Waals surface area contributed by atoms with Crippen LogP contribution in [0.2, 0.25) is 0 Å². The van der Waals surface area contributed by atoms with Crippen LogP contribution in [0.4, 0.5) is 0 Å². The Balaban J connectivity index is 1.99. The molecule has 1 aromatic heterocycles. The van der Waals surface area contributed by atoms with Gasteiger partial charge in [0.1, 0.15) is 11.3 Å². The maximum Gasteiger partial charge on any atom is 0.343 e. The van der Waals surface area contributed by atoms with Crippen LogP contribution in [0, 0.1) is 6.92 Å². The van der Waals surface area contributed by atoms with Crippen LogP contribution in [0.1, 0.15) is 28.4 Å². The van der Waals surface area contributed by atoms with Gasteiger partial charge in [-0.05, 0) is 48.7 Å².